The van der Waals surface area contributed by atoms with Crippen LogP contribution in [0.1, 0.15) is 17.3 Å². The molecule has 3 N–H and O–H groups in total. The van der Waals surface area contributed by atoms with Gasteiger partial charge in [0.15, 0.2) is 5.03 Å². The van der Waals surface area contributed by atoms with E-state index in [1.807, 2.05) is 6.92 Å². The molecule has 3 aromatic rings. The first-order valence-corrected chi connectivity index (χ1v) is 10.1. The Morgan fingerprint density at radius 1 is 1.11 bits per heavy atom. The zero-order valence-electron chi connectivity index (χ0n) is 14.8. The highest BCUT2D eigenvalue weighted by molar-refractivity contribution is 7.92. The maximum Gasteiger partial charge on any atom is 0.279 e. The van der Waals surface area contributed by atoms with E-state index in [4.69, 9.17) is 16.3 Å². The molecular weight excluding hydrogens is 404 g/mol. The lowest BCUT2D eigenvalue weighted by Gasteiger charge is -2.09. The molecule has 0 unspecified atom stereocenters. The highest BCUT2D eigenvalue weighted by Crippen LogP contribution is 2.21. The number of rotatable bonds is 7. The molecule has 0 radical (unpaired) electrons. The molecule has 0 aliphatic rings. The van der Waals surface area contributed by atoms with Crippen molar-refractivity contribution in [2.45, 2.75) is 11.9 Å². The van der Waals surface area contributed by atoms with Gasteiger partial charge in [0, 0.05) is 16.4 Å². The van der Waals surface area contributed by atoms with Crippen LogP contribution in [0.3, 0.4) is 0 Å². The van der Waals surface area contributed by atoms with Crippen LogP contribution < -0.4 is 14.8 Å². The number of halogens is 1. The van der Waals surface area contributed by atoms with Gasteiger partial charge >= 0.3 is 0 Å². The number of H-pyrrole nitrogens is 1. The second kappa shape index (κ2) is 8.32. The van der Waals surface area contributed by atoms with E-state index < -0.39 is 15.9 Å². The van der Waals surface area contributed by atoms with Crippen LogP contribution in [-0.2, 0) is 10.0 Å². The zero-order chi connectivity index (χ0) is 20.1. The third-order valence-corrected chi connectivity index (χ3v) is 5.24. The molecule has 0 saturated carbocycles. The number of carbonyl (C=O) groups is 1. The lowest BCUT2D eigenvalue weighted by Crippen LogP contribution is -2.19. The maximum absolute atomic E-state index is 12.6. The van der Waals surface area contributed by atoms with E-state index in [-0.39, 0.29) is 10.6 Å². The number of benzene rings is 2. The summed E-state index contributed by atoms with van der Waals surface area (Å²) < 4.78 is 33.0. The fraction of sp³-hybridized carbons (Fsp3) is 0.111. The van der Waals surface area contributed by atoms with E-state index in [2.05, 4.69) is 20.2 Å². The Morgan fingerprint density at radius 3 is 2.39 bits per heavy atom. The van der Waals surface area contributed by atoms with Crippen LogP contribution in [0.25, 0.3) is 0 Å². The number of ether oxygens (including phenoxy) is 1. The third-order valence-electron chi connectivity index (χ3n) is 3.64. The minimum atomic E-state index is -4.06. The van der Waals surface area contributed by atoms with E-state index in [1.165, 1.54) is 12.1 Å². The van der Waals surface area contributed by atoms with Crippen molar-refractivity contribution in [3.8, 4) is 5.75 Å². The number of carbonyl (C=O) groups excluding carboxylic acids is 1. The van der Waals surface area contributed by atoms with Gasteiger partial charge in [0.05, 0.1) is 18.4 Å². The predicted molar refractivity (Wildman–Crippen MR) is 106 cm³/mol. The van der Waals surface area contributed by atoms with E-state index >= 15 is 0 Å². The maximum atomic E-state index is 12.6. The number of amides is 1. The zero-order valence-corrected chi connectivity index (χ0v) is 16.3. The number of anilines is 2. The Bertz CT molecular complexity index is 1060. The monoisotopic (exact) mass is 420 g/mol. The molecule has 0 aliphatic carbocycles. The van der Waals surface area contributed by atoms with Crippen molar-refractivity contribution in [2.75, 3.05) is 16.6 Å². The fourth-order valence-electron chi connectivity index (χ4n) is 2.36. The number of nitrogens with zero attached hydrogens (tertiary/aromatic N) is 1. The first-order valence-electron chi connectivity index (χ1n) is 8.25. The number of aromatic nitrogens is 2. The second-order valence-corrected chi connectivity index (χ2v) is 7.69. The molecule has 2 aromatic carbocycles. The van der Waals surface area contributed by atoms with Crippen molar-refractivity contribution in [1.82, 2.24) is 10.2 Å². The first kappa shape index (κ1) is 19.7. The molecule has 8 nitrogen and oxygen atoms in total. The number of aromatic amines is 1. The summed E-state index contributed by atoms with van der Waals surface area (Å²) in [6.45, 7) is 2.40. The summed E-state index contributed by atoms with van der Waals surface area (Å²) in [7, 11) is -4.06. The third kappa shape index (κ3) is 4.62. The molecule has 0 saturated heterocycles. The highest BCUT2D eigenvalue weighted by Gasteiger charge is 2.25. The van der Waals surface area contributed by atoms with Crippen LogP contribution in [-0.4, -0.2) is 31.1 Å². The Balaban J connectivity index is 1.78. The van der Waals surface area contributed by atoms with Gasteiger partial charge in [-0.3, -0.25) is 14.6 Å². The van der Waals surface area contributed by atoms with Crippen LogP contribution in [0, 0.1) is 0 Å². The average molecular weight is 421 g/mol. The predicted octanol–water partition coefficient (Wildman–Crippen LogP) is 3.51. The molecule has 3 rings (SSSR count). The number of sulfonamides is 1. The van der Waals surface area contributed by atoms with Crippen molar-refractivity contribution in [1.29, 1.82) is 0 Å². The Morgan fingerprint density at radius 2 is 1.75 bits per heavy atom. The van der Waals surface area contributed by atoms with Gasteiger partial charge in [0.1, 0.15) is 5.75 Å². The van der Waals surface area contributed by atoms with Gasteiger partial charge in [-0.1, -0.05) is 11.6 Å². The van der Waals surface area contributed by atoms with Crippen LogP contribution in [0.4, 0.5) is 11.4 Å². The number of hydrogen-bond acceptors (Lipinski definition) is 5. The van der Waals surface area contributed by atoms with E-state index in [0.29, 0.717) is 28.8 Å². The minimum Gasteiger partial charge on any atom is -0.494 e. The van der Waals surface area contributed by atoms with Crippen molar-refractivity contribution in [3.63, 3.8) is 0 Å². The lowest BCUT2D eigenvalue weighted by molar-refractivity contribution is 0.102. The van der Waals surface area contributed by atoms with E-state index in [9.17, 15) is 13.2 Å². The van der Waals surface area contributed by atoms with Crippen molar-refractivity contribution in [2.24, 2.45) is 0 Å². The molecule has 0 fully saturated rings. The quantitative estimate of drug-likeness (QED) is 0.541. The molecule has 0 spiro atoms. The topological polar surface area (TPSA) is 113 Å². The highest BCUT2D eigenvalue weighted by atomic mass is 35.5. The second-order valence-electron chi connectivity index (χ2n) is 5.64. The standard InChI is InChI=1S/C18H17ClN4O4S/c1-2-27-15-9-7-13(8-10-15)21-17(24)16-11-20-22-18(16)28(25,26)23-14-5-3-12(19)4-6-14/h3-11,23H,2H2,1H3,(H,20,22)(H,21,24). The summed E-state index contributed by atoms with van der Waals surface area (Å²) in [5.74, 6) is 0.0497. The SMILES string of the molecule is CCOc1ccc(NC(=O)c2cn[nH]c2S(=O)(=O)Nc2ccc(Cl)cc2)cc1. The molecule has 0 atom stereocenters. The van der Waals surface area contributed by atoms with Crippen LogP contribution >= 0.6 is 11.6 Å². The molecule has 0 aliphatic heterocycles. The largest absolute Gasteiger partial charge is 0.494 e. The summed E-state index contributed by atoms with van der Waals surface area (Å²) in [5.41, 5.74) is 0.677. The van der Waals surface area contributed by atoms with Gasteiger partial charge in [-0.2, -0.15) is 13.5 Å². The summed E-state index contributed by atoms with van der Waals surface area (Å²) in [6, 6.07) is 12.8. The summed E-state index contributed by atoms with van der Waals surface area (Å²) >= 11 is 5.80. The normalized spacial score (nSPS) is 11.1. The Labute approximate surface area is 166 Å². The Hall–Kier alpha value is -3.04. The van der Waals surface area contributed by atoms with Gasteiger partial charge in [-0.05, 0) is 55.5 Å². The molecule has 1 amide bonds. The molecule has 10 heteroatoms. The molecule has 28 heavy (non-hydrogen) atoms. The van der Waals surface area contributed by atoms with Crippen LogP contribution in [0.5, 0.6) is 5.75 Å². The van der Waals surface area contributed by atoms with Gasteiger partial charge < -0.3 is 10.1 Å². The minimum absolute atomic E-state index is 0.115. The fourth-order valence-corrected chi connectivity index (χ4v) is 3.65. The molecular formula is C18H17ClN4O4S. The van der Waals surface area contributed by atoms with E-state index in [0.717, 1.165) is 6.20 Å². The average Bonchev–Trinajstić information content (AvgIpc) is 3.16. The van der Waals surface area contributed by atoms with Crippen molar-refractivity contribution >= 4 is 38.9 Å². The summed E-state index contributed by atoms with van der Waals surface area (Å²) in [5, 5.41) is 8.83. The first-order chi connectivity index (χ1) is 13.4. The van der Waals surface area contributed by atoms with Gasteiger partial charge in [-0.25, -0.2) is 0 Å². The Kier molecular flexibility index (Phi) is 5.86. The lowest BCUT2D eigenvalue weighted by atomic mass is 10.2. The molecule has 0 bridgehead atoms. The van der Waals surface area contributed by atoms with Crippen molar-refractivity contribution < 1.29 is 17.9 Å². The van der Waals surface area contributed by atoms with Crippen LogP contribution in [0.15, 0.2) is 59.8 Å². The molecule has 1 aromatic heterocycles. The molecule has 146 valence electrons. The van der Waals surface area contributed by atoms with E-state index in [1.54, 1.807) is 36.4 Å². The summed E-state index contributed by atoms with van der Waals surface area (Å²) in [6.07, 6.45) is 1.15. The van der Waals surface area contributed by atoms with Crippen molar-refractivity contribution in [3.05, 3.63) is 65.3 Å². The summed E-state index contributed by atoms with van der Waals surface area (Å²) in [4.78, 5) is 12.5. The van der Waals surface area contributed by atoms with Gasteiger partial charge in [0.25, 0.3) is 15.9 Å². The smallest absolute Gasteiger partial charge is 0.279 e. The van der Waals surface area contributed by atoms with Gasteiger partial charge in [0.2, 0.25) is 0 Å². The molecule has 1 heterocycles. The number of hydrogen-bond donors (Lipinski definition) is 3. The van der Waals surface area contributed by atoms with Crippen LogP contribution in [0.2, 0.25) is 5.02 Å². The number of nitrogens with one attached hydrogen (secondary N) is 3. The van der Waals surface area contributed by atoms with Gasteiger partial charge in [-0.15, -0.1) is 0 Å².